The summed E-state index contributed by atoms with van der Waals surface area (Å²) in [5, 5.41) is 99.2. The fourth-order valence-electron chi connectivity index (χ4n) is 11.4. The average molecular weight is 1030 g/mol. The molecule has 0 radical (unpaired) electrons. The molecule has 0 unspecified atom stereocenters. The van der Waals surface area contributed by atoms with Crippen LogP contribution < -0.4 is 0 Å². The Bertz CT molecular complexity index is 1710. The number of carbonyl (C=O) groups is 2. The summed E-state index contributed by atoms with van der Waals surface area (Å²) >= 11 is 0. The third-order valence-electron chi connectivity index (χ3n) is 16.2. The lowest BCUT2D eigenvalue weighted by Gasteiger charge is -2.50. The van der Waals surface area contributed by atoms with Gasteiger partial charge in [-0.2, -0.15) is 0 Å². The first kappa shape index (κ1) is 60.2. The lowest BCUT2D eigenvalue weighted by Crippen LogP contribution is -2.59. The highest BCUT2D eigenvalue weighted by molar-refractivity contribution is 5.83. The van der Waals surface area contributed by atoms with E-state index in [1.807, 2.05) is 20.8 Å². The van der Waals surface area contributed by atoms with Crippen LogP contribution in [0.4, 0.5) is 0 Å². The number of aliphatic hydroxyl groups is 9. The van der Waals surface area contributed by atoms with Gasteiger partial charge >= 0.3 is 11.9 Å². The molecule has 4 fully saturated rings. The molecule has 9 N–H and O–H groups in total. The van der Waals surface area contributed by atoms with Gasteiger partial charge in [0.05, 0.1) is 54.9 Å². The second kappa shape index (κ2) is 25.9. The Hall–Kier alpha value is -2.70. The van der Waals surface area contributed by atoms with Crippen LogP contribution in [-0.4, -0.2) is 168 Å². The van der Waals surface area contributed by atoms with E-state index in [-0.39, 0.29) is 37.5 Å². The van der Waals surface area contributed by atoms with Crippen LogP contribution in [0.5, 0.6) is 0 Å². The molecule has 0 saturated carbocycles. The number of cyclic esters (lactones) is 2. The molecule has 26 atom stereocenters. The van der Waals surface area contributed by atoms with Crippen LogP contribution in [0.25, 0.3) is 0 Å². The van der Waals surface area contributed by atoms with E-state index in [9.17, 15) is 55.5 Å². The molecule has 0 spiro atoms. The first-order valence-corrected chi connectivity index (χ1v) is 26.0. The Balaban J connectivity index is 1.28. The highest BCUT2D eigenvalue weighted by atomic mass is 16.7. The van der Waals surface area contributed by atoms with Gasteiger partial charge in [0, 0.05) is 85.2 Å². The van der Waals surface area contributed by atoms with Crippen LogP contribution >= 0.6 is 0 Å². The molecule has 0 aromatic heterocycles. The van der Waals surface area contributed by atoms with E-state index >= 15 is 0 Å². The number of aliphatic hydroxyl groups excluding tert-OH is 7. The molecular formula is C53H86O19. The van der Waals surface area contributed by atoms with E-state index < -0.39 is 157 Å². The first-order chi connectivity index (χ1) is 33.7. The van der Waals surface area contributed by atoms with Gasteiger partial charge in [0.2, 0.25) is 0 Å². The second-order valence-electron chi connectivity index (χ2n) is 21.3. The number of ether oxygens (including phenoxy) is 8. The van der Waals surface area contributed by atoms with E-state index in [1.165, 1.54) is 24.3 Å². The lowest BCUT2D eigenvalue weighted by molar-refractivity contribution is -0.358. The minimum atomic E-state index is -1.94. The molecule has 5 rings (SSSR count). The number of esters is 2. The van der Waals surface area contributed by atoms with Gasteiger partial charge in [-0.15, -0.1) is 0 Å². The van der Waals surface area contributed by atoms with Gasteiger partial charge in [0.25, 0.3) is 0 Å². The van der Waals surface area contributed by atoms with Gasteiger partial charge in [-0.05, 0) is 33.6 Å². The van der Waals surface area contributed by atoms with E-state index in [1.54, 1.807) is 79.7 Å². The predicted octanol–water partition coefficient (Wildman–Crippen LogP) is 3.05. The second-order valence-corrected chi connectivity index (χ2v) is 21.3. The zero-order valence-electron chi connectivity index (χ0n) is 43.8. The van der Waals surface area contributed by atoms with Crippen LogP contribution in [0.15, 0.2) is 48.6 Å². The highest BCUT2D eigenvalue weighted by Crippen LogP contribution is 2.45. The minimum Gasteiger partial charge on any atom is -0.458 e. The van der Waals surface area contributed by atoms with E-state index in [4.69, 9.17) is 37.9 Å². The van der Waals surface area contributed by atoms with Gasteiger partial charge < -0.3 is 83.9 Å². The van der Waals surface area contributed by atoms with Crippen LogP contribution in [0.2, 0.25) is 0 Å². The third kappa shape index (κ3) is 14.4. The molecule has 4 saturated heterocycles. The number of carbonyl (C=O) groups excluding carboxylic acids is 2. The summed E-state index contributed by atoms with van der Waals surface area (Å²) in [6, 6.07) is 0. The van der Waals surface area contributed by atoms with Gasteiger partial charge in [-0.1, -0.05) is 91.8 Å². The Morgan fingerprint density at radius 2 is 0.986 bits per heavy atom. The number of allylic oxidation sites excluding steroid dienone is 4. The van der Waals surface area contributed by atoms with Crippen molar-refractivity contribution in [1.29, 1.82) is 0 Å². The molecule has 0 bridgehead atoms. The normalized spacial score (nSPS) is 46.1. The highest BCUT2D eigenvalue weighted by Gasteiger charge is 2.54. The quantitative estimate of drug-likeness (QED) is 0.113. The lowest BCUT2D eigenvalue weighted by atomic mass is 9.76. The summed E-state index contributed by atoms with van der Waals surface area (Å²) in [6.07, 6.45) is -3.00. The predicted molar refractivity (Wildman–Crippen MR) is 259 cm³/mol. The maximum absolute atomic E-state index is 13.5. The van der Waals surface area contributed by atoms with Crippen molar-refractivity contribution >= 4 is 11.9 Å². The molecular weight excluding hydrogens is 941 g/mol. The average Bonchev–Trinajstić information content (AvgIpc) is 3.31. The molecule has 0 aromatic rings. The molecule has 0 aliphatic carbocycles. The molecule has 19 heteroatoms. The van der Waals surface area contributed by atoms with Crippen molar-refractivity contribution in [1.82, 2.24) is 0 Å². The number of hydrogen-bond acceptors (Lipinski definition) is 19. The molecule has 5 aliphatic heterocycles. The monoisotopic (exact) mass is 1030 g/mol. The van der Waals surface area contributed by atoms with Crippen LogP contribution in [0, 0.1) is 47.3 Å². The molecule has 0 amide bonds. The zero-order valence-corrected chi connectivity index (χ0v) is 43.8. The maximum Gasteiger partial charge on any atom is 0.331 e. The fourth-order valence-corrected chi connectivity index (χ4v) is 11.4. The Labute approximate surface area is 424 Å². The third-order valence-corrected chi connectivity index (χ3v) is 16.2. The van der Waals surface area contributed by atoms with E-state index in [0.717, 1.165) is 0 Å². The van der Waals surface area contributed by atoms with Gasteiger partial charge in [0.15, 0.2) is 30.4 Å². The standard InChI is InChI=1S/C53H86O19/c1-12-35-32(9)71-52(63,24-39(35)66-43-22-37(54)47(60)34(11)65-43)30(7)45(58)28(5)49-26(3)18-14-16-21-42(57)69-50(27(4)19-15-17-20-41(56)68-49)29(6)46(59)31(8)53(64)25-40(36(13-2)33(10)72-53)67-44-23-38(55)48(61)51(62)70-44/h14-21,26-40,43-51,54-55,58-64H,12-13,22-25H2,1-11H3/b18-14+,19-15+,20-17+,21-16+/t26-,27-,28-,29-,30-,31-,32+,33+,34-,35+,36+,37-,38-,39+,40+,43-,44+,45+,46+,47+,48-,49-,50-,51+,52+,53+/m0/s1. The molecule has 72 heavy (non-hydrogen) atoms. The van der Waals surface area contributed by atoms with E-state index in [0.29, 0.717) is 12.8 Å². The Morgan fingerprint density at radius 3 is 1.36 bits per heavy atom. The molecule has 0 aromatic carbocycles. The summed E-state index contributed by atoms with van der Waals surface area (Å²) in [4.78, 5) is 27.0. The Morgan fingerprint density at radius 1 is 0.597 bits per heavy atom. The van der Waals surface area contributed by atoms with Gasteiger partial charge in [0.1, 0.15) is 24.4 Å². The molecule has 19 nitrogen and oxygen atoms in total. The summed E-state index contributed by atoms with van der Waals surface area (Å²) in [7, 11) is 0. The maximum atomic E-state index is 13.5. The van der Waals surface area contributed by atoms with Crippen LogP contribution in [0.1, 0.15) is 115 Å². The summed E-state index contributed by atoms with van der Waals surface area (Å²) in [6.45, 7) is 19.4. The topological polar surface area (TPSA) is 290 Å². The molecule has 412 valence electrons. The summed E-state index contributed by atoms with van der Waals surface area (Å²) in [5.74, 6) is -10.2. The van der Waals surface area contributed by atoms with Gasteiger partial charge in [-0.25, -0.2) is 9.59 Å². The van der Waals surface area contributed by atoms with E-state index in [2.05, 4.69) is 0 Å². The first-order valence-electron chi connectivity index (χ1n) is 26.0. The van der Waals surface area contributed by atoms with Crippen molar-refractivity contribution in [3.8, 4) is 0 Å². The van der Waals surface area contributed by atoms with Crippen LogP contribution in [0.3, 0.4) is 0 Å². The largest absolute Gasteiger partial charge is 0.458 e. The Kier molecular flexibility index (Phi) is 21.6. The van der Waals surface area contributed by atoms with Crippen molar-refractivity contribution in [2.75, 3.05) is 0 Å². The van der Waals surface area contributed by atoms with Crippen molar-refractivity contribution < 1.29 is 93.4 Å². The van der Waals surface area contributed by atoms with Gasteiger partial charge in [-0.3, -0.25) is 0 Å². The number of rotatable bonds is 14. The van der Waals surface area contributed by atoms with Crippen molar-refractivity contribution in [2.45, 2.75) is 224 Å². The van der Waals surface area contributed by atoms with Crippen molar-refractivity contribution in [2.24, 2.45) is 47.3 Å². The van der Waals surface area contributed by atoms with Crippen molar-refractivity contribution in [3.63, 3.8) is 0 Å². The van der Waals surface area contributed by atoms with Crippen molar-refractivity contribution in [3.05, 3.63) is 48.6 Å². The SMILES string of the molecule is CC[C@@H]1[C@@H](C)O[C@@](O)([C@@H](C)[C@H](O)[C@H](C)[C@H]2OC(=O)/C=C/C=C/[C@H](C)[C@@H]([C@@H](C)[C@@H](O)[C@H](C)[C@@]3(O)C[C@@H](O[C@H]4C[C@H](O)[C@H](O)[C@H](O)O4)[C@H](CC)[C@@H](C)O3)OC(=O)/C=C/C=C/[C@@H]2C)C[C@H]1O[C@H]1C[C@H](O)[C@H](O)[C@H](C)O1. The zero-order chi connectivity index (χ0) is 53.6. The molecule has 5 aliphatic rings. The van der Waals surface area contributed by atoms with Crippen LogP contribution in [-0.2, 0) is 47.5 Å². The summed E-state index contributed by atoms with van der Waals surface area (Å²) < 4.78 is 48.4. The molecule has 5 heterocycles. The fraction of sp³-hybridized carbons (Fsp3) is 0.811. The summed E-state index contributed by atoms with van der Waals surface area (Å²) in [5.41, 5.74) is 0. The smallest absolute Gasteiger partial charge is 0.331 e. The number of hydrogen-bond donors (Lipinski definition) is 9. The minimum absolute atomic E-state index is 0.0328.